The molecule has 5 nitrogen and oxygen atoms in total. The molecule has 0 saturated heterocycles. The number of benzene rings is 1. The van der Waals surface area contributed by atoms with Gasteiger partial charge in [-0.15, -0.1) is 0 Å². The van der Waals surface area contributed by atoms with Crippen molar-refractivity contribution in [3.8, 4) is 0 Å². The molecule has 0 fully saturated rings. The number of nitrogen functional groups attached to an aromatic ring is 1. The zero-order valence-electron chi connectivity index (χ0n) is 11.6. The molecule has 0 atom stereocenters. The van der Waals surface area contributed by atoms with Crippen molar-refractivity contribution in [3.05, 3.63) is 29.3 Å². The predicted molar refractivity (Wildman–Crippen MR) is 75.2 cm³/mol. The quantitative estimate of drug-likeness (QED) is 0.550. The van der Waals surface area contributed by atoms with Crippen molar-refractivity contribution in [2.24, 2.45) is 0 Å². The maximum atomic E-state index is 11.8. The lowest BCUT2D eigenvalue weighted by Gasteiger charge is -2.07. The van der Waals surface area contributed by atoms with E-state index in [9.17, 15) is 4.79 Å². The second-order valence-corrected chi connectivity index (χ2v) is 4.29. The number of anilines is 1. The summed E-state index contributed by atoms with van der Waals surface area (Å²) in [5, 5.41) is 2.83. The van der Waals surface area contributed by atoms with Crippen molar-refractivity contribution in [1.82, 2.24) is 5.32 Å². The molecule has 0 radical (unpaired) electrons. The van der Waals surface area contributed by atoms with Crippen LogP contribution in [0.1, 0.15) is 22.3 Å². The van der Waals surface area contributed by atoms with Gasteiger partial charge < -0.3 is 20.5 Å². The molecular weight excluding hydrogens is 244 g/mol. The Morgan fingerprint density at radius 2 is 2.11 bits per heavy atom. The third-order valence-corrected chi connectivity index (χ3v) is 2.72. The lowest BCUT2D eigenvalue weighted by atomic mass is 10.1. The Labute approximate surface area is 114 Å². The van der Waals surface area contributed by atoms with Gasteiger partial charge in [0.05, 0.1) is 13.2 Å². The van der Waals surface area contributed by atoms with Crippen LogP contribution in [0.5, 0.6) is 0 Å². The van der Waals surface area contributed by atoms with Crippen LogP contribution in [0.25, 0.3) is 0 Å². The van der Waals surface area contributed by atoms with Crippen molar-refractivity contribution in [3.63, 3.8) is 0 Å². The third kappa shape index (κ3) is 5.72. The van der Waals surface area contributed by atoms with Gasteiger partial charge in [0.2, 0.25) is 0 Å². The van der Waals surface area contributed by atoms with Crippen LogP contribution in [-0.2, 0) is 9.47 Å². The average Bonchev–Trinajstić information content (AvgIpc) is 2.40. The fourth-order valence-electron chi connectivity index (χ4n) is 1.50. The molecule has 0 saturated carbocycles. The van der Waals surface area contributed by atoms with E-state index in [4.69, 9.17) is 15.2 Å². The molecule has 0 aliphatic heterocycles. The number of rotatable bonds is 8. The van der Waals surface area contributed by atoms with E-state index < -0.39 is 0 Å². The van der Waals surface area contributed by atoms with Crippen LogP contribution in [0.2, 0.25) is 0 Å². The van der Waals surface area contributed by atoms with E-state index in [1.54, 1.807) is 19.2 Å². The molecule has 1 amide bonds. The first-order chi connectivity index (χ1) is 9.15. The van der Waals surface area contributed by atoms with Crippen LogP contribution in [0.15, 0.2) is 18.2 Å². The molecule has 0 heterocycles. The van der Waals surface area contributed by atoms with E-state index in [0.717, 1.165) is 12.0 Å². The monoisotopic (exact) mass is 266 g/mol. The Morgan fingerprint density at radius 3 is 2.79 bits per heavy atom. The summed E-state index contributed by atoms with van der Waals surface area (Å²) >= 11 is 0. The van der Waals surface area contributed by atoms with Gasteiger partial charge in [-0.3, -0.25) is 4.79 Å². The van der Waals surface area contributed by atoms with Crippen molar-refractivity contribution in [2.75, 3.05) is 39.2 Å². The van der Waals surface area contributed by atoms with Gasteiger partial charge in [-0.25, -0.2) is 0 Å². The first kappa shape index (κ1) is 15.5. The smallest absolute Gasteiger partial charge is 0.251 e. The minimum absolute atomic E-state index is 0.108. The van der Waals surface area contributed by atoms with Gasteiger partial charge in [0.15, 0.2) is 0 Å². The number of carbonyl (C=O) groups excluding carboxylic acids is 1. The molecule has 0 spiro atoms. The van der Waals surface area contributed by atoms with Gasteiger partial charge >= 0.3 is 0 Å². The Kier molecular flexibility index (Phi) is 6.92. The topological polar surface area (TPSA) is 73.6 Å². The summed E-state index contributed by atoms with van der Waals surface area (Å²) < 4.78 is 10.2. The van der Waals surface area contributed by atoms with Gasteiger partial charge in [0.25, 0.3) is 5.91 Å². The number of amides is 1. The third-order valence-electron chi connectivity index (χ3n) is 2.72. The molecule has 106 valence electrons. The minimum Gasteiger partial charge on any atom is -0.398 e. The molecule has 1 aromatic rings. The van der Waals surface area contributed by atoms with Crippen LogP contribution in [0.3, 0.4) is 0 Å². The van der Waals surface area contributed by atoms with E-state index in [2.05, 4.69) is 5.32 Å². The molecule has 0 aromatic heterocycles. The first-order valence-electron chi connectivity index (χ1n) is 6.36. The largest absolute Gasteiger partial charge is 0.398 e. The maximum Gasteiger partial charge on any atom is 0.251 e. The van der Waals surface area contributed by atoms with Gasteiger partial charge in [0.1, 0.15) is 0 Å². The summed E-state index contributed by atoms with van der Waals surface area (Å²) in [7, 11) is 1.64. The fourth-order valence-corrected chi connectivity index (χ4v) is 1.50. The Bertz CT molecular complexity index is 408. The number of hydrogen-bond donors (Lipinski definition) is 2. The van der Waals surface area contributed by atoms with Crippen LogP contribution in [-0.4, -0.2) is 39.4 Å². The maximum absolute atomic E-state index is 11.8. The molecule has 19 heavy (non-hydrogen) atoms. The highest BCUT2D eigenvalue weighted by atomic mass is 16.5. The fraction of sp³-hybridized carbons (Fsp3) is 0.500. The van der Waals surface area contributed by atoms with Gasteiger partial charge in [0, 0.05) is 31.5 Å². The summed E-state index contributed by atoms with van der Waals surface area (Å²) in [5.74, 6) is -0.108. The summed E-state index contributed by atoms with van der Waals surface area (Å²) in [6, 6.07) is 5.31. The molecular formula is C14H22N2O3. The summed E-state index contributed by atoms with van der Waals surface area (Å²) in [6.07, 6.45) is 0.775. The Hall–Kier alpha value is -1.59. The molecule has 0 unspecified atom stereocenters. The van der Waals surface area contributed by atoms with Crippen molar-refractivity contribution in [1.29, 1.82) is 0 Å². The molecule has 1 aromatic carbocycles. The SMILES string of the molecule is COCCOCCCNC(=O)c1ccc(C)c(N)c1. The first-order valence-corrected chi connectivity index (χ1v) is 6.36. The van der Waals surface area contributed by atoms with Crippen LogP contribution < -0.4 is 11.1 Å². The van der Waals surface area contributed by atoms with Crippen molar-refractivity contribution in [2.45, 2.75) is 13.3 Å². The van der Waals surface area contributed by atoms with E-state index in [-0.39, 0.29) is 5.91 Å². The number of aryl methyl sites for hydroxylation is 1. The Balaban J connectivity index is 2.22. The van der Waals surface area contributed by atoms with E-state index in [0.29, 0.717) is 37.6 Å². The lowest BCUT2D eigenvalue weighted by molar-refractivity contribution is 0.0688. The Morgan fingerprint density at radius 1 is 1.32 bits per heavy atom. The number of methoxy groups -OCH3 is 1. The van der Waals surface area contributed by atoms with Crippen molar-refractivity contribution < 1.29 is 14.3 Å². The second kappa shape index (κ2) is 8.50. The van der Waals surface area contributed by atoms with Crippen LogP contribution in [0.4, 0.5) is 5.69 Å². The molecule has 0 aliphatic carbocycles. The zero-order valence-corrected chi connectivity index (χ0v) is 11.6. The van der Waals surface area contributed by atoms with E-state index in [1.807, 2.05) is 13.0 Å². The van der Waals surface area contributed by atoms with Gasteiger partial charge in [-0.2, -0.15) is 0 Å². The average molecular weight is 266 g/mol. The van der Waals surface area contributed by atoms with Crippen LogP contribution in [0, 0.1) is 6.92 Å². The molecule has 1 rings (SSSR count). The van der Waals surface area contributed by atoms with Gasteiger partial charge in [-0.1, -0.05) is 6.07 Å². The summed E-state index contributed by atoms with van der Waals surface area (Å²) in [5.41, 5.74) is 7.97. The molecule has 0 bridgehead atoms. The zero-order chi connectivity index (χ0) is 14.1. The number of ether oxygens (including phenoxy) is 2. The molecule has 5 heteroatoms. The van der Waals surface area contributed by atoms with Gasteiger partial charge in [-0.05, 0) is 31.0 Å². The molecule has 0 aliphatic rings. The summed E-state index contributed by atoms with van der Waals surface area (Å²) in [4.78, 5) is 11.8. The van der Waals surface area contributed by atoms with E-state index in [1.165, 1.54) is 0 Å². The summed E-state index contributed by atoms with van der Waals surface area (Å²) in [6.45, 7) is 4.28. The van der Waals surface area contributed by atoms with Crippen LogP contribution >= 0.6 is 0 Å². The predicted octanol–water partition coefficient (Wildman–Crippen LogP) is 1.36. The number of carbonyl (C=O) groups is 1. The highest BCUT2D eigenvalue weighted by Crippen LogP contribution is 2.12. The number of nitrogens with two attached hydrogens (primary N) is 1. The normalized spacial score (nSPS) is 10.4. The minimum atomic E-state index is -0.108. The number of hydrogen-bond acceptors (Lipinski definition) is 4. The second-order valence-electron chi connectivity index (χ2n) is 4.29. The highest BCUT2D eigenvalue weighted by Gasteiger charge is 2.05. The number of nitrogens with one attached hydrogen (secondary N) is 1. The standard InChI is InChI=1S/C14H22N2O3/c1-11-4-5-12(10-13(11)15)14(17)16-6-3-7-19-9-8-18-2/h4-5,10H,3,6-9,15H2,1-2H3,(H,16,17). The lowest BCUT2D eigenvalue weighted by Crippen LogP contribution is -2.25. The van der Waals surface area contributed by atoms with E-state index >= 15 is 0 Å². The molecule has 3 N–H and O–H groups in total. The van der Waals surface area contributed by atoms with Crippen molar-refractivity contribution >= 4 is 11.6 Å². The highest BCUT2D eigenvalue weighted by molar-refractivity contribution is 5.95.